The minimum absolute atomic E-state index is 0.323. The van der Waals surface area contributed by atoms with Crippen LogP contribution >= 0.6 is 0 Å². The molecular formula is C17H30O13. The summed E-state index contributed by atoms with van der Waals surface area (Å²) in [4.78, 5) is 50.5. The normalized spacial score (nSPS) is 19.9. The molecule has 0 amide bonds. The van der Waals surface area contributed by atoms with Gasteiger partial charge in [-0.25, -0.2) is 24.0 Å². The van der Waals surface area contributed by atoms with Gasteiger partial charge in [-0.15, -0.1) is 0 Å². The highest BCUT2D eigenvalue weighted by Gasteiger charge is 2.32. The van der Waals surface area contributed by atoms with Crippen molar-refractivity contribution in [1.82, 2.24) is 0 Å². The van der Waals surface area contributed by atoms with Crippen molar-refractivity contribution < 1.29 is 63.7 Å². The van der Waals surface area contributed by atoms with E-state index in [1.54, 1.807) is 6.92 Å². The molecule has 0 aromatic carbocycles. The zero-order valence-corrected chi connectivity index (χ0v) is 17.6. The van der Waals surface area contributed by atoms with Gasteiger partial charge in [0.2, 0.25) is 0 Å². The Morgan fingerprint density at radius 2 is 1.10 bits per heavy atom. The average molecular weight is 442 g/mol. The van der Waals surface area contributed by atoms with E-state index in [9.17, 15) is 24.0 Å². The fourth-order valence-electron chi connectivity index (χ4n) is 0.899. The fourth-order valence-corrected chi connectivity index (χ4v) is 0.899. The number of carboxylic acids is 2. The molecule has 13 nitrogen and oxygen atoms in total. The van der Waals surface area contributed by atoms with E-state index < -0.39 is 60.4 Å². The maximum atomic E-state index is 10.7. The first-order valence-corrected chi connectivity index (χ1v) is 8.65. The van der Waals surface area contributed by atoms with E-state index in [-0.39, 0.29) is 0 Å². The number of aliphatic hydroxyl groups is 3. The summed E-state index contributed by atoms with van der Waals surface area (Å²) in [6, 6.07) is 0. The van der Waals surface area contributed by atoms with Crippen LogP contribution in [0, 0.1) is 0 Å². The van der Waals surface area contributed by atoms with Crippen LogP contribution in [0.4, 0.5) is 0 Å². The quantitative estimate of drug-likeness (QED) is 0.253. The van der Waals surface area contributed by atoms with Crippen molar-refractivity contribution >= 4 is 29.8 Å². The summed E-state index contributed by atoms with van der Waals surface area (Å²) in [6.45, 7) is 8.74. The largest absolute Gasteiger partial charge is 0.479 e. The third-order valence-corrected chi connectivity index (χ3v) is 2.59. The molecule has 0 radical (unpaired) electrons. The number of esters is 3. The molecule has 30 heavy (non-hydrogen) atoms. The van der Waals surface area contributed by atoms with E-state index in [0.717, 1.165) is 0 Å². The van der Waals surface area contributed by atoms with Gasteiger partial charge >= 0.3 is 29.8 Å². The lowest BCUT2D eigenvalue weighted by atomic mass is 10.3. The summed E-state index contributed by atoms with van der Waals surface area (Å²) in [6.07, 6.45) is -4.95. The molecule has 13 heteroatoms. The lowest BCUT2D eigenvalue weighted by Gasteiger charge is -2.22. The van der Waals surface area contributed by atoms with E-state index in [1.165, 1.54) is 34.6 Å². The predicted molar refractivity (Wildman–Crippen MR) is 98.1 cm³/mol. The van der Waals surface area contributed by atoms with Gasteiger partial charge in [0.05, 0.1) is 6.61 Å². The van der Waals surface area contributed by atoms with Crippen LogP contribution in [0.25, 0.3) is 0 Å². The van der Waals surface area contributed by atoms with Crippen LogP contribution in [-0.4, -0.2) is 92.5 Å². The van der Waals surface area contributed by atoms with E-state index >= 15 is 0 Å². The maximum absolute atomic E-state index is 10.7. The zero-order valence-electron chi connectivity index (χ0n) is 17.6. The van der Waals surface area contributed by atoms with Crippen LogP contribution in [-0.2, 0) is 38.2 Å². The maximum Gasteiger partial charge on any atom is 0.347 e. The minimum atomic E-state index is -1.23. The number of carbonyl (C=O) groups is 5. The zero-order chi connectivity index (χ0) is 24.6. The Morgan fingerprint density at radius 1 is 0.833 bits per heavy atom. The van der Waals surface area contributed by atoms with Crippen molar-refractivity contribution in [3.63, 3.8) is 0 Å². The molecule has 5 atom stereocenters. The van der Waals surface area contributed by atoms with Crippen LogP contribution in [0.5, 0.6) is 0 Å². The van der Waals surface area contributed by atoms with Gasteiger partial charge in [-0.1, -0.05) is 0 Å². The molecule has 1 aliphatic rings. The predicted octanol–water partition coefficient (Wildman–Crippen LogP) is -1.30. The van der Waals surface area contributed by atoms with Crippen molar-refractivity contribution in [3.8, 4) is 0 Å². The van der Waals surface area contributed by atoms with Crippen molar-refractivity contribution in [2.75, 3.05) is 6.61 Å². The van der Waals surface area contributed by atoms with Crippen LogP contribution in [0.2, 0.25) is 0 Å². The first-order valence-electron chi connectivity index (χ1n) is 8.65. The number of hydrogen-bond donors (Lipinski definition) is 5. The molecule has 0 saturated carbocycles. The number of cyclic esters (lactones) is 2. The number of aliphatic carboxylic acids is 2. The number of carboxylic acid groups (broad SMARTS) is 2. The molecule has 176 valence electrons. The Hall–Kier alpha value is -2.77. The van der Waals surface area contributed by atoms with Gasteiger partial charge in [0.25, 0.3) is 0 Å². The van der Waals surface area contributed by atoms with Gasteiger partial charge in [0.15, 0.2) is 12.2 Å². The SMILES string of the molecule is CC(O)C(=O)O.CC(O)C(=O)O.CC1OC(=O)C(C)OC1=O.CCOC(=O)C(C)O. The molecule has 0 bridgehead atoms. The summed E-state index contributed by atoms with van der Waals surface area (Å²) >= 11 is 0. The minimum Gasteiger partial charge on any atom is -0.479 e. The summed E-state index contributed by atoms with van der Waals surface area (Å²) in [5.74, 6) is -3.89. The van der Waals surface area contributed by atoms with Crippen LogP contribution in [0.1, 0.15) is 41.5 Å². The molecule has 5 unspecified atom stereocenters. The first-order chi connectivity index (χ1) is 13.6. The number of hydrogen-bond acceptors (Lipinski definition) is 11. The third-order valence-electron chi connectivity index (χ3n) is 2.59. The number of ether oxygens (including phenoxy) is 3. The summed E-state index contributed by atoms with van der Waals surface area (Å²) in [5.41, 5.74) is 0. The van der Waals surface area contributed by atoms with Crippen molar-refractivity contribution in [3.05, 3.63) is 0 Å². The fraction of sp³-hybridized carbons (Fsp3) is 0.706. The van der Waals surface area contributed by atoms with Crippen molar-refractivity contribution in [2.24, 2.45) is 0 Å². The van der Waals surface area contributed by atoms with Crippen molar-refractivity contribution in [1.29, 1.82) is 0 Å². The van der Waals surface area contributed by atoms with Crippen LogP contribution < -0.4 is 0 Å². The van der Waals surface area contributed by atoms with E-state index in [2.05, 4.69) is 14.2 Å². The van der Waals surface area contributed by atoms with Gasteiger partial charge in [-0.2, -0.15) is 0 Å². The molecule has 5 N–H and O–H groups in total. The van der Waals surface area contributed by atoms with Gasteiger partial charge in [-0.05, 0) is 41.5 Å². The second-order valence-corrected chi connectivity index (χ2v) is 5.61. The van der Waals surface area contributed by atoms with Gasteiger partial charge in [0.1, 0.15) is 18.3 Å². The summed E-state index contributed by atoms with van der Waals surface area (Å²) < 4.78 is 13.6. The van der Waals surface area contributed by atoms with E-state index in [4.69, 9.17) is 25.5 Å². The first kappa shape index (κ1) is 31.9. The number of rotatable bonds is 4. The Balaban J connectivity index is -0.000000333. The van der Waals surface area contributed by atoms with Crippen molar-refractivity contribution in [2.45, 2.75) is 72.1 Å². The molecule has 1 aliphatic heterocycles. The summed E-state index contributed by atoms with van der Waals surface area (Å²) in [5, 5.41) is 40.0. The molecular weight excluding hydrogens is 412 g/mol. The van der Waals surface area contributed by atoms with Crippen LogP contribution in [0.15, 0.2) is 0 Å². The molecule has 1 heterocycles. The Bertz CT molecular complexity index is 516. The molecule has 1 saturated heterocycles. The smallest absolute Gasteiger partial charge is 0.347 e. The number of aliphatic hydroxyl groups excluding tert-OH is 3. The number of carbonyl (C=O) groups excluding carboxylic acids is 3. The van der Waals surface area contributed by atoms with Crippen LogP contribution in [0.3, 0.4) is 0 Å². The summed E-state index contributed by atoms with van der Waals surface area (Å²) in [7, 11) is 0. The van der Waals surface area contributed by atoms with E-state index in [1.807, 2.05) is 0 Å². The Morgan fingerprint density at radius 3 is 1.23 bits per heavy atom. The lowest BCUT2D eigenvalue weighted by molar-refractivity contribution is -0.191. The topological polar surface area (TPSA) is 214 Å². The standard InChI is InChI=1S/C6H8O4.C5H10O3.2C3H6O3/c1-3-5(7)10-4(2)6(8)9-3;1-3-8-5(7)4(2)6;2*1-2(4)3(5)6/h3-4H,1-2H3;4,6H,3H2,1-2H3;2*2,4H,1H3,(H,5,6). The molecule has 0 aliphatic carbocycles. The molecule has 0 aromatic heterocycles. The lowest BCUT2D eigenvalue weighted by Crippen LogP contribution is -2.40. The second kappa shape index (κ2) is 17.1. The van der Waals surface area contributed by atoms with Gasteiger partial charge in [0, 0.05) is 0 Å². The highest BCUT2D eigenvalue weighted by atomic mass is 16.6. The Labute approximate surface area is 173 Å². The third kappa shape index (κ3) is 18.6. The van der Waals surface area contributed by atoms with E-state index in [0.29, 0.717) is 6.61 Å². The molecule has 0 spiro atoms. The monoisotopic (exact) mass is 442 g/mol. The molecule has 1 rings (SSSR count). The molecule has 1 fully saturated rings. The van der Waals surface area contributed by atoms with Gasteiger partial charge in [-0.3, -0.25) is 0 Å². The molecule has 0 aromatic rings. The highest BCUT2D eigenvalue weighted by molar-refractivity contribution is 5.86. The Kier molecular flexibility index (Phi) is 18.2. The second-order valence-electron chi connectivity index (χ2n) is 5.61. The highest BCUT2D eigenvalue weighted by Crippen LogP contribution is 2.08. The average Bonchev–Trinajstić information content (AvgIpc) is 2.61. The van der Waals surface area contributed by atoms with Gasteiger partial charge < -0.3 is 39.7 Å².